The second-order valence-corrected chi connectivity index (χ2v) is 8.50. The van der Waals surface area contributed by atoms with Gasteiger partial charge in [-0.1, -0.05) is 42.5 Å². The Balaban J connectivity index is 1.23. The number of hydrogen-bond acceptors (Lipinski definition) is 4. The molecule has 0 bridgehead atoms. The Morgan fingerprint density at radius 3 is 2.26 bits per heavy atom. The van der Waals surface area contributed by atoms with Gasteiger partial charge in [-0.3, -0.25) is 4.79 Å². The second-order valence-electron chi connectivity index (χ2n) is 8.50. The lowest BCUT2D eigenvalue weighted by molar-refractivity contribution is 0.0955. The third kappa shape index (κ3) is 5.18. The van der Waals surface area contributed by atoms with E-state index in [4.69, 9.17) is 4.74 Å². The summed E-state index contributed by atoms with van der Waals surface area (Å²) >= 11 is 0. The SMILES string of the molecule is Cc1ccc(-c2ccccc2)n1-c1ccc(C(=O)N/N=C/c2ccc(N3CCOCC3)cc2)cc1. The molecule has 1 aliphatic heterocycles. The molecule has 35 heavy (non-hydrogen) atoms. The first-order valence-electron chi connectivity index (χ1n) is 11.8. The number of ether oxygens (including phenoxy) is 1. The number of carbonyl (C=O) groups excluding carboxylic acids is 1. The average molecular weight is 465 g/mol. The van der Waals surface area contributed by atoms with E-state index in [-0.39, 0.29) is 5.91 Å². The summed E-state index contributed by atoms with van der Waals surface area (Å²) < 4.78 is 7.60. The van der Waals surface area contributed by atoms with Crippen molar-refractivity contribution in [2.24, 2.45) is 5.10 Å². The quantitative estimate of drug-likeness (QED) is 0.321. The molecule has 0 radical (unpaired) electrons. The van der Waals surface area contributed by atoms with Gasteiger partial charge >= 0.3 is 0 Å². The van der Waals surface area contributed by atoms with Crippen LogP contribution in [0, 0.1) is 6.92 Å². The van der Waals surface area contributed by atoms with Gasteiger partial charge in [0.25, 0.3) is 5.91 Å². The highest BCUT2D eigenvalue weighted by molar-refractivity contribution is 5.95. The number of nitrogens with one attached hydrogen (secondary N) is 1. The molecule has 0 atom stereocenters. The zero-order valence-corrected chi connectivity index (χ0v) is 19.7. The van der Waals surface area contributed by atoms with Crippen molar-refractivity contribution in [1.82, 2.24) is 9.99 Å². The molecular formula is C29H28N4O2. The lowest BCUT2D eigenvalue weighted by Crippen LogP contribution is -2.36. The number of hydrogen-bond donors (Lipinski definition) is 1. The lowest BCUT2D eigenvalue weighted by atomic mass is 10.1. The van der Waals surface area contributed by atoms with E-state index in [1.54, 1.807) is 6.21 Å². The molecule has 2 heterocycles. The Labute approximate surface area is 205 Å². The molecule has 3 aromatic carbocycles. The van der Waals surface area contributed by atoms with Gasteiger partial charge in [-0.25, -0.2) is 5.43 Å². The molecule has 1 saturated heterocycles. The first kappa shape index (κ1) is 22.6. The summed E-state index contributed by atoms with van der Waals surface area (Å²) in [4.78, 5) is 14.9. The minimum Gasteiger partial charge on any atom is -0.378 e. The van der Waals surface area contributed by atoms with Crippen LogP contribution < -0.4 is 10.3 Å². The van der Waals surface area contributed by atoms with Crippen LogP contribution in [-0.4, -0.2) is 43.0 Å². The van der Waals surface area contributed by atoms with Gasteiger partial charge in [0.2, 0.25) is 0 Å². The highest BCUT2D eigenvalue weighted by Crippen LogP contribution is 2.26. The largest absolute Gasteiger partial charge is 0.378 e. The van der Waals surface area contributed by atoms with E-state index in [9.17, 15) is 4.79 Å². The summed E-state index contributed by atoms with van der Waals surface area (Å²) in [5.41, 5.74) is 9.67. The van der Waals surface area contributed by atoms with Crippen molar-refractivity contribution in [3.63, 3.8) is 0 Å². The first-order valence-corrected chi connectivity index (χ1v) is 11.8. The molecule has 5 rings (SSSR count). The zero-order valence-electron chi connectivity index (χ0n) is 19.7. The molecule has 1 aromatic heterocycles. The molecule has 176 valence electrons. The fraction of sp³-hybridized carbons (Fsp3) is 0.172. The molecule has 1 amide bonds. The lowest BCUT2D eigenvalue weighted by Gasteiger charge is -2.28. The van der Waals surface area contributed by atoms with Crippen LogP contribution in [-0.2, 0) is 4.74 Å². The highest BCUT2D eigenvalue weighted by atomic mass is 16.5. The molecule has 1 N–H and O–H groups in total. The van der Waals surface area contributed by atoms with Crippen molar-refractivity contribution < 1.29 is 9.53 Å². The summed E-state index contributed by atoms with van der Waals surface area (Å²) in [7, 11) is 0. The van der Waals surface area contributed by atoms with Crippen LogP contribution in [0.2, 0.25) is 0 Å². The standard InChI is InChI=1S/C29H28N4O2/c1-22-7-16-28(24-5-3-2-4-6-24)33(22)27-14-10-25(11-15-27)29(34)31-30-21-23-8-12-26(13-9-23)32-17-19-35-20-18-32/h2-16,21H,17-20H2,1H3,(H,31,34)/b30-21+. The summed E-state index contributed by atoms with van der Waals surface area (Å²) in [6.45, 7) is 5.40. The van der Waals surface area contributed by atoms with Gasteiger partial charge in [0.15, 0.2) is 0 Å². The average Bonchev–Trinajstić information content (AvgIpc) is 3.31. The third-order valence-corrected chi connectivity index (χ3v) is 6.18. The highest BCUT2D eigenvalue weighted by Gasteiger charge is 2.12. The minimum absolute atomic E-state index is 0.245. The molecule has 0 saturated carbocycles. The number of rotatable bonds is 6. The number of amides is 1. The fourth-order valence-corrected chi connectivity index (χ4v) is 4.30. The van der Waals surface area contributed by atoms with E-state index < -0.39 is 0 Å². The normalized spacial score (nSPS) is 13.8. The van der Waals surface area contributed by atoms with Crippen LogP contribution in [0.4, 0.5) is 5.69 Å². The number of aryl methyl sites for hydroxylation is 1. The molecule has 0 unspecified atom stereocenters. The molecule has 4 aromatic rings. The third-order valence-electron chi connectivity index (χ3n) is 6.18. The van der Waals surface area contributed by atoms with Crippen LogP contribution in [0.1, 0.15) is 21.6 Å². The Morgan fingerprint density at radius 1 is 0.857 bits per heavy atom. The molecule has 0 spiro atoms. The van der Waals surface area contributed by atoms with E-state index in [0.717, 1.165) is 54.5 Å². The number of benzene rings is 3. The van der Waals surface area contributed by atoms with Gasteiger partial charge in [0.1, 0.15) is 0 Å². The van der Waals surface area contributed by atoms with Gasteiger partial charge in [0.05, 0.1) is 25.1 Å². The monoisotopic (exact) mass is 464 g/mol. The maximum Gasteiger partial charge on any atom is 0.271 e. The van der Waals surface area contributed by atoms with E-state index in [1.165, 1.54) is 5.69 Å². The Kier molecular flexibility index (Phi) is 6.73. The van der Waals surface area contributed by atoms with Crippen molar-refractivity contribution >= 4 is 17.8 Å². The zero-order chi connectivity index (χ0) is 24.0. The number of hydrazone groups is 1. The molecule has 6 nitrogen and oxygen atoms in total. The van der Waals surface area contributed by atoms with Crippen LogP contribution in [0.3, 0.4) is 0 Å². The number of morpholine rings is 1. The van der Waals surface area contributed by atoms with Crippen LogP contribution >= 0.6 is 0 Å². The molecule has 6 heteroatoms. The predicted molar refractivity (Wildman–Crippen MR) is 140 cm³/mol. The van der Waals surface area contributed by atoms with Gasteiger partial charge in [-0.15, -0.1) is 0 Å². The van der Waals surface area contributed by atoms with E-state index >= 15 is 0 Å². The second kappa shape index (κ2) is 10.4. The minimum atomic E-state index is -0.245. The Morgan fingerprint density at radius 2 is 1.54 bits per heavy atom. The molecular weight excluding hydrogens is 436 g/mol. The predicted octanol–water partition coefficient (Wildman–Crippen LogP) is 5.05. The van der Waals surface area contributed by atoms with E-state index in [2.05, 4.69) is 63.3 Å². The Bertz CT molecular complexity index is 1300. The number of carbonyl (C=O) groups is 1. The Hall–Kier alpha value is -4.16. The van der Waals surface area contributed by atoms with Crippen molar-refractivity contribution in [2.75, 3.05) is 31.2 Å². The number of nitrogens with zero attached hydrogens (tertiary/aromatic N) is 3. The smallest absolute Gasteiger partial charge is 0.271 e. The van der Waals surface area contributed by atoms with Gasteiger partial charge < -0.3 is 14.2 Å². The topological polar surface area (TPSA) is 58.9 Å². The summed E-state index contributed by atoms with van der Waals surface area (Å²) in [6, 6.07) is 30.2. The maximum absolute atomic E-state index is 12.6. The van der Waals surface area contributed by atoms with Gasteiger partial charge in [-0.05, 0) is 66.6 Å². The first-order chi connectivity index (χ1) is 17.2. The van der Waals surface area contributed by atoms with E-state index in [0.29, 0.717) is 5.56 Å². The number of aromatic nitrogens is 1. The van der Waals surface area contributed by atoms with Crippen molar-refractivity contribution in [3.8, 4) is 16.9 Å². The van der Waals surface area contributed by atoms with Gasteiger partial charge in [-0.2, -0.15) is 5.10 Å². The van der Waals surface area contributed by atoms with Crippen molar-refractivity contribution in [2.45, 2.75) is 6.92 Å². The van der Waals surface area contributed by atoms with Crippen molar-refractivity contribution in [1.29, 1.82) is 0 Å². The van der Waals surface area contributed by atoms with Crippen molar-refractivity contribution in [3.05, 3.63) is 108 Å². The fourth-order valence-electron chi connectivity index (χ4n) is 4.30. The maximum atomic E-state index is 12.6. The summed E-state index contributed by atoms with van der Waals surface area (Å²) in [5.74, 6) is -0.245. The van der Waals surface area contributed by atoms with Crippen LogP contribution in [0.25, 0.3) is 16.9 Å². The van der Waals surface area contributed by atoms with E-state index in [1.807, 2.05) is 54.6 Å². The molecule has 1 aliphatic rings. The number of anilines is 1. The molecule has 1 fully saturated rings. The summed E-state index contributed by atoms with van der Waals surface area (Å²) in [6.07, 6.45) is 1.66. The molecule has 0 aliphatic carbocycles. The van der Waals surface area contributed by atoms with Crippen LogP contribution in [0.15, 0.2) is 96.1 Å². The van der Waals surface area contributed by atoms with Gasteiger partial charge in [0, 0.05) is 35.7 Å². The van der Waals surface area contributed by atoms with Crippen LogP contribution in [0.5, 0.6) is 0 Å². The summed E-state index contributed by atoms with van der Waals surface area (Å²) in [5, 5.41) is 4.14.